The predicted octanol–water partition coefficient (Wildman–Crippen LogP) is 2.07. The fourth-order valence-corrected chi connectivity index (χ4v) is 1.15. The van der Waals surface area contributed by atoms with E-state index in [1.54, 1.807) is 45.0 Å². The van der Waals surface area contributed by atoms with Gasteiger partial charge in [-0.2, -0.15) is 0 Å². The van der Waals surface area contributed by atoms with E-state index in [-0.39, 0.29) is 5.97 Å². The molecule has 0 aliphatic heterocycles. The third-order valence-corrected chi connectivity index (χ3v) is 1.98. The first kappa shape index (κ1) is 19.4. The number of carboxylic acid groups (broad SMARTS) is 1. The summed E-state index contributed by atoms with van der Waals surface area (Å²) >= 11 is 0. The molecule has 0 radical (unpaired) electrons. The summed E-state index contributed by atoms with van der Waals surface area (Å²) in [6, 6.07) is 8.88. The fraction of sp³-hybridized carbons (Fsp3) is 0.400. The quantitative estimate of drug-likeness (QED) is 0.829. The maximum absolute atomic E-state index is 10.8. The molecule has 0 saturated carbocycles. The van der Waals surface area contributed by atoms with E-state index in [4.69, 9.17) is 9.84 Å². The molecule has 0 aliphatic rings. The number of nitrogens with one attached hydrogen (secondary N) is 1. The van der Waals surface area contributed by atoms with Gasteiger partial charge in [0.2, 0.25) is 0 Å². The third kappa shape index (κ3) is 10.2. The Balaban J connectivity index is 0.000000406. The number of benzene rings is 1. The molecule has 0 unspecified atom stereocenters. The first-order valence-corrected chi connectivity index (χ1v) is 6.47. The summed E-state index contributed by atoms with van der Waals surface area (Å²) in [5.41, 5.74) is -0.00669. The summed E-state index contributed by atoms with van der Waals surface area (Å²) in [5.74, 6) is -1.39. The molecular weight excluding hydrogens is 290 g/mol. The van der Waals surface area contributed by atoms with Crippen LogP contribution >= 0.6 is 0 Å². The second kappa shape index (κ2) is 9.38. The summed E-state index contributed by atoms with van der Waals surface area (Å²) < 4.78 is 9.27. The van der Waals surface area contributed by atoms with Crippen LogP contribution in [0.5, 0.6) is 0 Å². The van der Waals surface area contributed by atoms with Crippen molar-refractivity contribution in [2.24, 2.45) is 0 Å². The lowest BCUT2D eigenvalue weighted by Crippen LogP contribution is -2.35. The van der Waals surface area contributed by atoms with Gasteiger partial charge < -0.3 is 19.9 Å². The first-order valence-electron chi connectivity index (χ1n) is 6.47. The second-order valence-electron chi connectivity index (χ2n) is 5.11. The van der Waals surface area contributed by atoms with Crippen molar-refractivity contribution >= 4 is 18.0 Å². The van der Waals surface area contributed by atoms with Gasteiger partial charge in [-0.05, 0) is 32.9 Å². The zero-order valence-electron chi connectivity index (χ0n) is 13.1. The van der Waals surface area contributed by atoms with E-state index in [1.165, 1.54) is 7.11 Å². The number of aliphatic carboxylic acids is 1. The molecule has 0 aliphatic carbocycles. The van der Waals surface area contributed by atoms with Crippen LogP contribution in [0.4, 0.5) is 4.79 Å². The van der Waals surface area contributed by atoms with Crippen LogP contribution in [0.3, 0.4) is 0 Å². The molecule has 1 aromatic rings. The van der Waals surface area contributed by atoms with Crippen LogP contribution in [0.15, 0.2) is 30.3 Å². The Morgan fingerprint density at radius 2 is 1.68 bits per heavy atom. The number of methoxy groups -OCH3 is 1. The maximum Gasteiger partial charge on any atom is 0.408 e. The lowest BCUT2D eigenvalue weighted by molar-refractivity contribution is -0.136. The number of carbonyl (C=O) groups excluding carboxylic acids is 2. The Hall–Kier alpha value is -2.57. The van der Waals surface area contributed by atoms with E-state index < -0.39 is 24.2 Å². The summed E-state index contributed by atoms with van der Waals surface area (Å²) in [5, 5.41) is 10.3. The van der Waals surface area contributed by atoms with Gasteiger partial charge in [-0.25, -0.2) is 9.59 Å². The third-order valence-electron chi connectivity index (χ3n) is 1.98. The van der Waals surface area contributed by atoms with Gasteiger partial charge in [0.05, 0.1) is 12.7 Å². The van der Waals surface area contributed by atoms with Gasteiger partial charge in [-0.3, -0.25) is 4.79 Å². The van der Waals surface area contributed by atoms with Gasteiger partial charge in [0, 0.05) is 0 Å². The summed E-state index contributed by atoms with van der Waals surface area (Å²) in [6.45, 7) is 4.68. The van der Waals surface area contributed by atoms with Crippen molar-refractivity contribution in [2.45, 2.75) is 26.4 Å². The molecule has 1 amide bonds. The number of hydrogen-bond donors (Lipinski definition) is 2. The molecule has 7 nitrogen and oxygen atoms in total. The molecule has 122 valence electrons. The monoisotopic (exact) mass is 311 g/mol. The average molecular weight is 311 g/mol. The second-order valence-corrected chi connectivity index (χ2v) is 5.11. The first-order chi connectivity index (χ1) is 10.2. The van der Waals surface area contributed by atoms with Crippen LogP contribution in [0.2, 0.25) is 0 Å². The number of alkyl carbamates (subject to hydrolysis) is 1. The van der Waals surface area contributed by atoms with Crippen LogP contribution in [-0.4, -0.2) is 42.4 Å². The molecule has 0 fully saturated rings. The molecule has 1 rings (SSSR count). The standard InChI is InChI=1S/C8H8O2.C7H13NO4/c1-10-8(9)7-5-3-2-4-6-7;1-7(2,3)12-6(11)8-4-5(9)10/h2-6H,1H3;4H2,1-3H3,(H,8,11)(H,9,10). The summed E-state index contributed by atoms with van der Waals surface area (Å²) in [4.78, 5) is 31.6. The van der Waals surface area contributed by atoms with Crippen molar-refractivity contribution in [1.82, 2.24) is 5.32 Å². The molecule has 7 heteroatoms. The van der Waals surface area contributed by atoms with Gasteiger partial charge in [0.15, 0.2) is 0 Å². The minimum atomic E-state index is -1.10. The van der Waals surface area contributed by atoms with Gasteiger partial charge in [0.1, 0.15) is 12.1 Å². The number of ether oxygens (including phenoxy) is 2. The van der Waals surface area contributed by atoms with Gasteiger partial charge in [-0.15, -0.1) is 0 Å². The molecule has 0 bridgehead atoms. The number of rotatable bonds is 3. The van der Waals surface area contributed by atoms with Crippen LogP contribution in [0.25, 0.3) is 0 Å². The highest BCUT2D eigenvalue weighted by molar-refractivity contribution is 5.89. The molecule has 2 N–H and O–H groups in total. The highest BCUT2D eigenvalue weighted by atomic mass is 16.6. The zero-order valence-corrected chi connectivity index (χ0v) is 13.1. The number of esters is 1. The van der Waals surface area contributed by atoms with Crippen molar-refractivity contribution in [3.63, 3.8) is 0 Å². The van der Waals surface area contributed by atoms with Crippen LogP contribution in [0, 0.1) is 0 Å². The molecule has 0 spiro atoms. The Morgan fingerprint density at radius 3 is 2.09 bits per heavy atom. The summed E-state index contributed by atoms with van der Waals surface area (Å²) in [6.07, 6.45) is -0.718. The molecule has 0 saturated heterocycles. The van der Waals surface area contributed by atoms with Crippen molar-refractivity contribution in [2.75, 3.05) is 13.7 Å². The van der Waals surface area contributed by atoms with E-state index in [2.05, 4.69) is 10.1 Å². The van der Waals surface area contributed by atoms with E-state index >= 15 is 0 Å². The predicted molar refractivity (Wildman–Crippen MR) is 79.7 cm³/mol. The molecule has 22 heavy (non-hydrogen) atoms. The Kier molecular flexibility index (Phi) is 8.29. The van der Waals surface area contributed by atoms with Gasteiger partial charge in [0.25, 0.3) is 0 Å². The number of carbonyl (C=O) groups is 3. The van der Waals surface area contributed by atoms with Crippen LogP contribution in [-0.2, 0) is 14.3 Å². The van der Waals surface area contributed by atoms with Gasteiger partial charge in [-0.1, -0.05) is 18.2 Å². The van der Waals surface area contributed by atoms with Crippen LogP contribution in [0.1, 0.15) is 31.1 Å². The van der Waals surface area contributed by atoms with Gasteiger partial charge >= 0.3 is 18.0 Å². The van der Waals surface area contributed by atoms with E-state index in [0.29, 0.717) is 5.56 Å². The smallest absolute Gasteiger partial charge is 0.408 e. The lowest BCUT2D eigenvalue weighted by atomic mass is 10.2. The summed E-state index contributed by atoms with van der Waals surface area (Å²) in [7, 11) is 1.37. The highest BCUT2D eigenvalue weighted by Crippen LogP contribution is 2.05. The van der Waals surface area contributed by atoms with E-state index in [9.17, 15) is 14.4 Å². The SMILES string of the molecule is CC(C)(C)OC(=O)NCC(=O)O.COC(=O)c1ccccc1. The Labute approximate surface area is 129 Å². The molecule has 0 aromatic heterocycles. The number of carboxylic acids is 1. The molecular formula is C15H21NO6. The van der Waals surface area contributed by atoms with Crippen molar-refractivity contribution in [3.05, 3.63) is 35.9 Å². The van der Waals surface area contributed by atoms with E-state index in [1.807, 2.05) is 6.07 Å². The lowest BCUT2D eigenvalue weighted by Gasteiger charge is -2.19. The molecule has 1 aromatic carbocycles. The van der Waals surface area contributed by atoms with E-state index in [0.717, 1.165) is 0 Å². The largest absolute Gasteiger partial charge is 0.480 e. The Bertz CT molecular complexity index is 493. The van der Waals surface area contributed by atoms with Crippen molar-refractivity contribution in [1.29, 1.82) is 0 Å². The molecule has 0 heterocycles. The number of hydrogen-bond acceptors (Lipinski definition) is 5. The Morgan fingerprint density at radius 1 is 1.14 bits per heavy atom. The highest BCUT2D eigenvalue weighted by Gasteiger charge is 2.16. The average Bonchev–Trinajstić information content (AvgIpc) is 2.44. The topological polar surface area (TPSA) is 102 Å². The van der Waals surface area contributed by atoms with Crippen LogP contribution < -0.4 is 5.32 Å². The maximum atomic E-state index is 10.8. The minimum absolute atomic E-state index is 0.291. The molecule has 0 atom stereocenters. The fourth-order valence-electron chi connectivity index (χ4n) is 1.15. The zero-order chi connectivity index (χ0) is 17.2. The minimum Gasteiger partial charge on any atom is -0.480 e. The normalized spacial score (nSPS) is 9.82. The number of amides is 1. The van der Waals surface area contributed by atoms with Crippen molar-refractivity contribution in [3.8, 4) is 0 Å². The van der Waals surface area contributed by atoms with Crippen molar-refractivity contribution < 1.29 is 29.0 Å².